The molecule has 7 nitrogen and oxygen atoms in total. The normalized spacial score (nSPS) is 9.85. The molecule has 2 aromatic carbocycles. The number of carbonyl (C=O) groups is 1. The van der Waals surface area contributed by atoms with E-state index in [2.05, 4.69) is 37.3 Å². The van der Waals surface area contributed by atoms with Gasteiger partial charge in [-0.2, -0.15) is 9.47 Å². The Morgan fingerprint density at radius 2 is 1.76 bits per heavy atom. The highest BCUT2D eigenvalue weighted by molar-refractivity contribution is 7.13. The summed E-state index contributed by atoms with van der Waals surface area (Å²) in [6.45, 7) is 9.29. The zero-order valence-electron chi connectivity index (χ0n) is 19.9. The van der Waals surface area contributed by atoms with Gasteiger partial charge in [0.25, 0.3) is 5.91 Å². The van der Waals surface area contributed by atoms with E-state index in [1.165, 1.54) is 11.5 Å². The molecule has 2 aromatic heterocycles. The van der Waals surface area contributed by atoms with E-state index in [1.807, 2.05) is 64.1 Å². The highest BCUT2D eigenvalue weighted by atomic mass is 32.1. The molecule has 33 heavy (non-hydrogen) atoms. The molecule has 0 spiro atoms. The number of amides is 1. The lowest BCUT2D eigenvalue weighted by Crippen LogP contribution is -2.26. The quantitative estimate of drug-likeness (QED) is 0.277. The maximum Gasteiger partial charge on any atom is 0.269 e. The first-order valence-corrected chi connectivity index (χ1v) is 12.1. The SMILES string of the molecule is CC.CC.COc1ccc(-c2cc(C(=O)NCCCNc3nsc4ccccc34)[nH]n2)cc1. The van der Waals surface area contributed by atoms with Crippen molar-refractivity contribution in [1.82, 2.24) is 19.9 Å². The number of aromatic amines is 1. The molecular formula is C25H33N5O2S. The molecule has 1 amide bonds. The molecule has 2 heterocycles. The molecule has 0 radical (unpaired) electrons. The number of nitrogens with one attached hydrogen (secondary N) is 3. The first-order chi connectivity index (χ1) is 16.2. The molecule has 0 bridgehead atoms. The van der Waals surface area contributed by atoms with Gasteiger partial charge >= 0.3 is 0 Å². The van der Waals surface area contributed by atoms with Crippen LogP contribution >= 0.6 is 11.5 Å². The Morgan fingerprint density at radius 1 is 1.03 bits per heavy atom. The molecule has 3 N–H and O–H groups in total. The fourth-order valence-corrected chi connectivity index (χ4v) is 3.71. The molecule has 4 aromatic rings. The van der Waals surface area contributed by atoms with Gasteiger partial charge in [-0.05, 0) is 60.4 Å². The number of hydrogen-bond donors (Lipinski definition) is 3. The van der Waals surface area contributed by atoms with E-state index >= 15 is 0 Å². The van der Waals surface area contributed by atoms with Crippen molar-refractivity contribution in [2.45, 2.75) is 34.1 Å². The van der Waals surface area contributed by atoms with Crippen LogP contribution in [0.1, 0.15) is 44.6 Å². The smallest absolute Gasteiger partial charge is 0.269 e. The third kappa shape index (κ3) is 7.05. The molecule has 0 aliphatic rings. The van der Waals surface area contributed by atoms with Crippen molar-refractivity contribution in [3.8, 4) is 17.0 Å². The van der Waals surface area contributed by atoms with Gasteiger partial charge in [0.05, 0.1) is 17.5 Å². The largest absolute Gasteiger partial charge is 0.497 e. The van der Waals surface area contributed by atoms with Crippen LogP contribution in [0, 0.1) is 0 Å². The van der Waals surface area contributed by atoms with E-state index in [4.69, 9.17) is 4.74 Å². The molecule has 0 atom stereocenters. The number of methoxy groups -OCH3 is 1. The molecule has 4 rings (SSSR count). The van der Waals surface area contributed by atoms with Crippen LogP contribution in [0.15, 0.2) is 54.6 Å². The topological polar surface area (TPSA) is 91.9 Å². The Bertz CT molecular complexity index is 1110. The van der Waals surface area contributed by atoms with E-state index < -0.39 is 0 Å². The van der Waals surface area contributed by atoms with Gasteiger partial charge in [0.15, 0.2) is 0 Å². The maximum atomic E-state index is 12.3. The van der Waals surface area contributed by atoms with Crippen LogP contribution in [0.2, 0.25) is 0 Å². The van der Waals surface area contributed by atoms with Crippen LogP contribution < -0.4 is 15.4 Å². The summed E-state index contributed by atoms with van der Waals surface area (Å²) in [7, 11) is 1.63. The Morgan fingerprint density at radius 3 is 2.48 bits per heavy atom. The third-order valence-corrected chi connectivity index (χ3v) is 5.34. The lowest BCUT2D eigenvalue weighted by Gasteiger charge is -2.05. The van der Waals surface area contributed by atoms with Gasteiger partial charge in [-0.25, -0.2) is 0 Å². The van der Waals surface area contributed by atoms with Gasteiger partial charge in [0, 0.05) is 24.0 Å². The molecule has 0 aliphatic heterocycles. The number of anilines is 1. The number of rotatable bonds is 8. The van der Waals surface area contributed by atoms with Gasteiger partial charge in [-0.1, -0.05) is 39.8 Å². The molecule has 176 valence electrons. The number of nitrogens with zero attached hydrogens (tertiary/aromatic N) is 2. The molecule has 0 unspecified atom stereocenters. The summed E-state index contributed by atoms with van der Waals surface area (Å²) in [5.41, 5.74) is 2.07. The zero-order valence-corrected chi connectivity index (χ0v) is 20.8. The summed E-state index contributed by atoms with van der Waals surface area (Å²) in [6, 6.07) is 17.4. The minimum Gasteiger partial charge on any atom is -0.497 e. The predicted molar refractivity (Wildman–Crippen MR) is 138 cm³/mol. The van der Waals surface area contributed by atoms with Crippen LogP contribution in [0.25, 0.3) is 21.3 Å². The predicted octanol–water partition coefficient (Wildman–Crippen LogP) is 5.98. The Balaban J connectivity index is 0.000000914. The number of fused-ring (bicyclic) bond motifs is 1. The van der Waals surface area contributed by atoms with Crippen molar-refractivity contribution in [2.24, 2.45) is 0 Å². The summed E-state index contributed by atoms with van der Waals surface area (Å²) in [6.07, 6.45) is 0.789. The lowest BCUT2D eigenvalue weighted by molar-refractivity contribution is 0.0948. The summed E-state index contributed by atoms with van der Waals surface area (Å²) in [5.74, 6) is 1.51. The second-order valence-corrected chi connectivity index (χ2v) is 7.26. The van der Waals surface area contributed by atoms with Crippen molar-refractivity contribution in [3.05, 3.63) is 60.3 Å². The van der Waals surface area contributed by atoms with Crippen LogP contribution in [-0.4, -0.2) is 40.7 Å². The second-order valence-electron chi connectivity index (χ2n) is 6.46. The van der Waals surface area contributed by atoms with E-state index in [0.29, 0.717) is 12.2 Å². The lowest BCUT2D eigenvalue weighted by atomic mass is 10.1. The number of carbonyl (C=O) groups excluding carboxylic acids is 1. The minimum atomic E-state index is -0.170. The van der Waals surface area contributed by atoms with Crippen molar-refractivity contribution in [2.75, 3.05) is 25.5 Å². The Labute approximate surface area is 199 Å². The first kappa shape index (κ1) is 25.9. The average Bonchev–Trinajstić information content (AvgIpc) is 3.54. The van der Waals surface area contributed by atoms with E-state index in [-0.39, 0.29) is 5.91 Å². The minimum absolute atomic E-state index is 0.170. The summed E-state index contributed by atoms with van der Waals surface area (Å²) < 4.78 is 10.8. The summed E-state index contributed by atoms with van der Waals surface area (Å²) >= 11 is 1.48. The van der Waals surface area contributed by atoms with Gasteiger partial charge in [-0.15, -0.1) is 0 Å². The summed E-state index contributed by atoms with van der Waals surface area (Å²) in [4.78, 5) is 12.3. The Kier molecular flexibility index (Phi) is 10.9. The van der Waals surface area contributed by atoms with Crippen molar-refractivity contribution >= 4 is 33.3 Å². The molecule has 0 fully saturated rings. The third-order valence-electron chi connectivity index (χ3n) is 4.52. The highest BCUT2D eigenvalue weighted by Crippen LogP contribution is 2.26. The maximum absolute atomic E-state index is 12.3. The van der Waals surface area contributed by atoms with E-state index in [0.717, 1.165) is 45.9 Å². The van der Waals surface area contributed by atoms with Gasteiger partial charge in [0.2, 0.25) is 0 Å². The number of hydrogen-bond acceptors (Lipinski definition) is 6. The van der Waals surface area contributed by atoms with Gasteiger partial charge < -0.3 is 15.4 Å². The highest BCUT2D eigenvalue weighted by Gasteiger charge is 2.11. The van der Waals surface area contributed by atoms with Crippen molar-refractivity contribution < 1.29 is 9.53 Å². The number of aromatic nitrogens is 3. The van der Waals surface area contributed by atoms with Crippen molar-refractivity contribution in [1.29, 1.82) is 0 Å². The fourth-order valence-electron chi connectivity index (χ4n) is 2.95. The monoisotopic (exact) mass is 467 g/mol. The second kappa shape index (κ2) is 13.9. The molecule has 0 saturated carbocycles. The number of H-pyrrole nitrogens is 1. The van der Waals surface area contributed by atoms with Crippen LogP contribution in [-0.2, 0) is 0 Å². The van der Waals surface area contributed by atoms with E-state index in [1.54, 1.807) is 13.2 Å². The first-order valence-electron chi connectivity index (χ1n) is 11.3. The summed E-state index contributed by atoms with van der Waals surface area (Å²) in [5, 5.41) is 14.4. The average molecular weight is 468 g/mol. The van der Waals surface area contributed by atoms with Gasteiger partial charge in [-0.3, -0.25) is 9.89 Å². The van der Waals surface area contributed by atoms with Crippen LogP contribution in [0.5, 0.6) is 5.75 Å². The van der Waals surface area contributed by atoms with Crippen LogP contribution in [0.4, 0.5) is 5.82 Å². The molecular weight excluding hydrogens is 434 g/mol. The number of ether oxygens (including phenoxy) is 1. The molecule has 0 saturated heterocycles. The molecule has 0 aliphatic carbocycles. The fraction of sp³-hybridized carbons (Fsp3) is 0.320. The molecule has 8 heteroatoms. The van der Waals surface area contributed by atoms with E-state index in [9.17, 15) is 4.79 Å². The zero-order chi connectivity index (χ0) is 24.1. The van der Waals surface area contributed by atoms with Crippen molar-refractivity contribution in [3.63, 3.8) is 0 Å². The van der Waals surface area contributed by atoms with Crippen LogP contribution in [0.3, 0.4) is 0 Å². The van der Waals surface area contributed by atoms with Gasteiger partial charge in [0.1, 0.15) is 17.3 Å². The number of benzene rings is 2. The standard InChI is InChI=1S/C21H21N5O2S.2C2H6/c1-28-15-9-7-14(8-10-15)17-13-18(25-24-17)21(27)23-12-4-11-22-20-16-5-2-3-6-19(16)29-26-20;2*1-2/h2-3,5-10,13H,4,11-12H2,1H3,(H,22,26)(H,23,27)(H,24,25);2*1-2H3. The Hall–Kier alpha value is -3.39.